The van der Waals surface area contributed by atoms with E-state index in [1.165, 1.54) is 22.5 Å². The number of hydrogen-bond donors (Lipinski definition) is 2. The van der Waals surface area contributed by atoms with Crippen molar-refractivity contribution >= 4 is 34.8 Å². The molecular formula is C18H24ClN3O2S. The zero-order valence-electron chi connectivity index (χ0n) is 14.5. The minimum atomic E-state index is -0.327. The lowest BCUT2D eigenvalue weighted by Crippen LogP contribution is -2.53. The number of amides is 1. The number of carbonyl (C=O) groups excluding carboxylic acids is 1. The lowest BCUT2D eigenvalue weighted by atomic mass is 10.1. The van der Waals surface area contributed by atoms with Crippen LogP contribution in [0.4, 0.5) is 5.13 Å². The minimum absolute atomic E-state index is 0. The summed E-state index contributed by atoms with van der Waals surface area (Å²) in [5.41, 5.74) is 2.61. The Morgan fingerprint density at radius 2 is 2.24 bits per heavy atom. The Labute approximate surface area is 158 Å². The second kappa shape index (κ2) is 9.29. The Balaban J connectivity index is 0.00000225. The highest BCUT2D eigenvalue weighted by Crippen LogP contribution is 2.22. The molecule has 1 aromatic carbocycles. The molecule has 2 aromatic rings. The van der Waals surface area contributed by atoms with Crippen molar-refractivity contribution in [3.8, 4) is 0 Å². The molecule has 1 aliphatic heterocycles. The summed E-state index contributed by atoms with van der Waals surface area (Å²) in [7, 11) is 0. The van der Waals surface area contributed by atoms with Crippen molar-refractivity contribution in [3.05, 3.63) is 46.5 Å². The molecule has 0 saturated carbocycles. The third-order valence-corrected chi connectivity index (χ3v) is 5.07. The van der Waals surface area contributed by atoms with Gasteiger partial charge in [-0.15, -0.1) is 23.7 Å². The molecule has 3 rings (SSSR count). The Bertz CT molecular complexity index is 707. The fourth-order valence-corrected chi connectivity index (χ4v) is 3.67. The number of ether oxygens (including phenoxy) is 1. The van der Waals surface area contributed by atoms with E-state index in [4.69, 9.17) is 4.74 Å². The van der Waals surface area contributed by atoms with Crippen molar-refractivity contribution in [1.82, 2.24) is 10.3 Å². The van der Waals surface area contributed by atoms with Crippen LogP contribution in [0.5, 0.6) is 0 Å². The van der Waals surface area contributed by atoms with Crippen molar-refractivity contribution in [2.24, 2.45) is 0 Å². The molecule has 0 unspecified atom stereocenters. The summed E-state index contributed by atoms with van der Waals surface area (Å²) in [6.07, 6.45) is 3.58. The Morgan fingerprint density at radius 3 is 3.00 bits per heavy atom. The highest BCUT2D eigenvalue weighted by Gasteiger charge is 2.28. The van der Waals surface area contributed by atoms with E-state index >= 15 is 0 Å². The molecule has 2 heterocycles. The number of hydrogen-bond acceptors (Lipinski definition) is 5. The molecule has 0 bridgehead atoms. The molecule has 1 aromatic heterocycles. The van der Waals surface area contributed by atoms with E-state index in [-0.39, 0.29) is 30.5 Å². The summed E-state index contributed by atoms with van der Waals surface area (Å²) < 4.78 is 5.51. The summed E-state index contributed by atoms with van der Waals surface area (Å²) in [6, 6.07) is 8.26. The summed E-state index contributed by atoms with van der Waals surface area (Å²) in [5.74, 6) is -0.0870. The summed E-state index contributed by atoms with van der Waals surface area (Å²) in [6.45, 7) is 5.40. The van der Waals surface area contributed by atoms with Crippen LogP contribution in [0.1, 0.15) is 29.9 Å². The number of morpholine rings is 1. The van der Waals surface area contributed by atoms with Gasteiger partial charge in [0.2, 0.25) is 5.91 Å². The Hall–Kier alpha value is -1.47. The van der Waals surface area contributed by atoms with Crippen LogP contribution in [0.15, 0.2) is 30.5 Å². The number of halogens is 1. The van der Waals surface area contributed by atoms with Crippen molar-refractivity contribution in [2.75, 3.05) is 18.5 Å². The lowest BCUT2D eigenvalue weighted by Gasteiger charge is -2.28. The van der Waals surface area contributed by atoms with Gasteiger partial charge in [-0.25, -0.2) is 4.98 Å². The second-order valence-electron chi connectivity index (χ2n) is 5.98. The van der Waals surface area contributed by atoms with Crippen LogP contribution >= 0.6 is 23.7 Å². The molecule has 1 saturated heterocycles. The van der Waals surface area contributed by atoms with Crippen LogP contribution in [0, 0.1) is 0 Å². The van der Waals surface area contributed by atoms with Gasteiger partial charge >= 0.3 is 0 Å². The van der Waals surface area contributed by atoms with Crippen LogP contribution in [0.3, 0.4) is 0 Å². The molecule has 1 amide bonds. The molecule has 1 aliphatic rings. The Morgan fingerprint density at radius 1 is 1.44 bits per heavy atom. The second-order valence-corrected chi connectivity index (χ2v) is 7.09. The smallest absolute Gasteiger partial charge is 0.245 e. The van der Waals surface area contributed by atoms with Crippen LogP contribution in [0.25, 0.3) is 0 Å². The fraction of sp³-hybridized carbons (Fsp3) is 0.444. The largest absolute Gasteiger partial charge is 0.375 e. The number of anilines is 1. The zero-order chi connectivity index (χ0) is 16.9. The van der Waals surface area contributed by atoms with E-state index in [1.807, 2.05) is 13.1 Å². The maximum absolute atomic E-state index is 12.3. The van der Waals surface area contributed by atoms with Gasteiger partial charge in [0.25, 0.3) is 0 Å². The van der Waals surface area contributed by atoms with Gasteiger partial charge in [-0.2, -0.15) is 0 Å². The first-order valence-corrected chi connectivity index (χ1v) is 9.15. The third kappa shape index (κ3) is 5.25. The molecule has 25 heavy (non-hydrogen) atoms. The first-order valence-electron chi connectivity index (χ1n) is 8.34. The van der Waals surface area contributed by atoms with Gasteiger partial charge in [0.05, 0.1) is 12.7 Å². The molecular weight excluding hydrogens is 358 g/mol. The summed E-state index contributed by atoms with van der Waals surface area (Å²) in [5, 5.41) is 6.72. The molecule has 2 N–H and O–H groups in total. The average molecular weight is 382 g/mol. The summed E-state index contributed by atoms with van der Waals surface area (Å²) in [4.78, 5) is 17.8. The van der Waals surface area contributed by atoms with Crippen molar-refractivity contribution in [1.29, 1.82) is 0 Å². The molecule has 0 aliphatic carbocycles. The van der Waals surface area contributed by atoms with E-state index in [2.05, 4.69) is 46.8 Å². The number of rotatable bonds is 5. The van der Waals surface area contributed by atoms with Gasteiger partial charge in [-0.3, -0.25) is 4.79 Å². The first-order chi connectivity index (χ1) is 11.7. The van der Waals surface area contributed by atoms with E-state index < -0.39 is 0 Å². The zero-order valence-corrected chi connectivity index (χ0v) is 16.1. The quantitative estimate of drug-likeness (QED) is 0.835. The number of nitrogens with one attached hydrogen (secondary N) is 2. The predicted octanol–water partition coefficient (Wildman–Crippen LogP) is 3.03. The summed E-state index contributed by atoms with van der Waals surface area (Å²) >= 11 is 1.52. The van der Waals surface area contributed by atoms with Crippen LogP contribution in [0.2, 0.25) is 0 Å². The van der Waals surface area contributed by atoms with Gasteiger partial charge < -0.3 is 15.4 Å². The number of carbonyl (C=O) groups is 1. The number of aromatic nitrogens is 1. The van der Waals surface area contributed by atoms with E-state index in [9.17, 15) is 4.79 Å². The van der Waals surface area contributed by atoms with Crippen LogP contribution < -0.4 is 10.6 Å². The lowest BCUT2D eigenvalue weighted by molar-refractivity contribution is -0.123. The van der Waals surface area contributed by atoms with E-state index in [1.54, 1.807) is 0 Å². The van der Waals surface area contributed by atoms with Crippen LogP contribution in [-0.2, 0) is 22.4 Å². The third-order valence-electron chi connectivity index (χ3n) is 4.16. The average Bonchev–Trinajstić information content (AvgIpc) is 3.02. The molecule has 7 heteroatoms. The molecule has 136 valence electrons. The molecule has 1 fully saturated rings. The monoisotopic (exact) mass is 381 g/mol. The number of aryl methyl sites for hydroxylation is 1. The number of thiazole rings is 1. The maximum atomic E-state index is 12.3. The fourth-order valence-electron chi connectivity index (χ4n) is 2.82. The topological polar surface area (TPSA) is 63.2 Å². The van der Waals surface area contributed by atoms with Crippen molar-refractivity contribution in [3.63, 3.8) is 0 Å². The highest BCUT2D eigenvalue weighted by molar-refractivity contribution is 7.15. The maximum Gasteiger partial charge on any atom is 0.245 e. The van der Waals surface area contributed by atoms with Crippen molar-refractivity contribution in [2.45, 2.75) is 38.8 Å². The molecule has 0 radical (unpaired) electrons. The minimum Gasteiger partial charge on any atom is -0.375 e. The van der Waals surface area contributed by atoms with Gasteiger partial charge in [-0.1, -0.05) is 31.2 Å². The van der Waals surface area contributed by atoms with Gasteiger partial charge in [0, 0.05) is 24.0 Å². The molecule has 0 spiro atoms. The number of nitrogens with zero attached hydrogens (tertiary/aromatic N) is 1. The highest BCUT2D eigenvalue weighted by atomic mass is 35.5. The SMILES string of the molecule is CCc1cccc(Cc2cnc(NC(=O)[C@H]3NCCO[C@@H]3C)s2)c1.Cl. The van der Waals surface area contributed by atoms with Crippen LogP contribution in [-0.4, -0.2) is 36.2 Å². The standard InChI is InChI=1S/C18H23N3O2S.ClH/c1-3-13-5-4-6-14(9-13)10-15-11-20-18(24-15)21-17(22)16-12(2)23-8-7-19-16;/h4-6,9,11-12,16,19H,3,7-8,10H2,1-2H3,(H,20,21,22);1H/t12-,16+;/m1./s1. The molecule has 2 atom stereocenters. The normalized spacial score (nSPS) is 19.9. The van der Waals surface area contributed by atoms with E-state index in [0.717, 1.165) is 17.7 Å². The Kier molecular flexibility index (Phi) is 7.38. The van der Waals surface area contributed by atoms with Gasteiger partial charge in [-0.05, 0) is 24.5 Å². The first kappa shape index (κ1) is 19.8. The number of benzene rings is 1. The van der Waals surface area contributed by atoms with Crippen molar-refractivity contribution < 1.29 is 9.53 Å². The molecule has 5 nitrogen and oxygen atoms in total. The van der Waals surface area contributed by atoms with Gasteiger partial charge in [0.1, 0.15) is 6.04 Å². The van der Waals surface area contributed by atoms with E-state index in [0.29, 0.717) is 18.3 Å². The van der Waals surface area contributed by atoms with Gasteiger partial charge in [0.15, 0.2) is 5.13 Å². The predicted molar refractivity (Wildman–Crippen MR) is 104 cm³/mol.